The van der Waals surface area contributed by atoms with Crippen LogP contribution in [0.15, 0.2) is 51.7 Å². The molecule has 0 radical (unpaired) electrons. The van der Waals surface area contributed by atoms with Crippen LogP contribution in [0.5, 0.6) is 23.0 Å². The first kappa shape index (κ1) is 18.3. The van der Waals surface area contributed by atoms with Gasteiger partial charge >= 0.3 is 6.09 Å². The Kier molecular flexibility index (Phi) is 5.03. The quantitative estimate of drug-likeness (QED) is 0.693. The number of benzene rings is 2. The van der Waals surface area contributed by atoms with Gasteiger partial charge in [-0.05, 0) is 43.3 Å². The monoisotopic (exact) mass is 369 g/mol. The number of carbonyl (C=O) groups excluding carboxylic acids is 1. The molecule has 2 aromatic carbocycles. The van der Waals surface area contributed by atoms with Crippen LogP contribution in [0, 0.1) is 6.92 Å². The summed E-state index contributed by atoms with van der Waals surface area (Å²) in [6.07, 6.45) is -0.520. The maximum absolute atomic E-state index is 12.8. The predicted octanol–water partition coefficient (Wildman–Crippen LogP) is 3.96. The Bertz CT molecular complexity index is 1040. The number of carbonyl (C=O) groups is 1. The Morgan fingerprint density at radius 1 is 1.00 bits per heavy atom. The van der Waals surface area contributed by atoms with Crippen LogP contribution in [-0.4, -0.2) is 32.2 Å². The third-order valence-corrected chi connectivity index (χ3v) is 3.84. The van der Waals surface area contributed by atoms with Crippen LogP contribution >= 0.6 is 0 Å². The van der Waals surface area contributed by atoms with E-state index >= 15 is 0 Å². The molecular formula is C20H19NO6. The first-order valence-electron chi connectivity index (χ1n) is 8.17. The summed E-state index contributed by atoms with van der Waals surface area (Å²) in [6, 6.07) is 11.4. The minimum atomic E-state index is -0.520. The molecule has 0 aliphatic rings. The number of nitrogens with zero attached hydrogens (tertiary/aromatic N) is 1. The fraction of sp³-hybridized carbons (Fsp3) is 0.200. The van der Waals surface area contributed by atoms with Gasteiger partial charge < -0.3 is 23.5 Å². The van der Waals surface area contributed by atoms with Gasteiger partial charge in [0.05, 0.1) is 12.5 Å². The van der Waals surface area contributed by atoms with Crippen LogP contribution in [0.1, 0.15) is 5.76 Å². The van der Waals surface area contributed by atoms with E-state index in [4.69, 9.17) is 18.6 Å². The Balaban J connectivity index is 1.95. The van der Waals surface area contributed by atoms with Crippen molar-refractivity contribution in [3.8, 4) is 23.0 Å². The molecule has 0 atom stereocenters. The summed E-state index contributed by atoms with van der Waals surface area (Å²) in [5, 5.41) is 0.328. The number of methoxy groups -OCH3 is 1. The van der Waals surface area contributed by atoms with E-state index in [0.29, 0.717) is 28.2 Å². The van der Waals surface area contributed by atoms with Gasteiger partial charge in [-0.15, -0.1) is 0 Å². The molecule has 1 amide bonds. The van der Waals surface area contributed by atoms with Crippen LogP contribution in [0.2, 0.25) is 0 Å². The molecule has 0 saturated heterocycles. The second-order valence-corrected chi connectivity index (χ2v) is 6.01. The van der Waals surface area contributed by atoms with E-state index in [-0.39, 0.29) is 16.9 Å². The predicted molar refractivity (Wildman–Crippen MR) is 100 cm³/mol. The maximum Gasteiger partial charge on any atom is 0.414 e. The van der Waals surface area contributed by atoms with E-state index < -0.39 is 6.09 Å². The number of fused-ring (bicyclic) bond motifs is 1. The lowest BCUT2D eigenvalue weighted by molar-refractivity contribution is 0.172. The van der Waals surface area contributed by atoms with Crippen molar-refractivity contribution in [1.82, 2.24) is 4.90 Å². The van der Waals surface area contributed by atoms with E-state index in [2.05, 4.69) is 0 Å². The van der Waals surface area contributed by atoms with Crippen LogP contribution in [0.4, 0.5) is 4.79 Å². The topological polar surface area (TPSA) is 78.2 Å². The van der Waals surface area contributed by atoms with Gasteiger partial charge in [-0.3, -0.25) is 4.79 Å². The molecule has 0 unspecified atom stereocenters. The molecular weight excluding hydrogens is 350 g/mol. The zero-order valence-electron chi connectivity index (χ0n) is 15.4. The van der Waals surface area contributed by atoms with E-state index in [0.717, 1.165) is 0 Å². The minimum absolute atomic E-state index is 0.103. The van der Waals surface area contributed by atoms with Crippen molar-refractivity contribution in [2.24, 2.45) is 0 Å². The van der Waals surface area contributed by atoms with Gasteiger partial charge in [-0.25, -0.2) is 4.79 Å². The normalized spacial score (nSPS) is 10.5. The van der Waals surface area contributed by atoms with Crippen LogP contribution in [-0.2, 0) is 0 Å². The number of hydrogen-bond acceptors (Lipinski definition) is 6. The largest absolute Gasteiger partial charge is 0.497 e. The Hall–Kier alpha value is -3.48. The van der Waals surface area contributed by atoms with E-state index in [9.17, 15) is 9.59 Å². The van der Waals surface area contributed by atoms with Gasteiger partial charge in [0, 0.05) is 20.2 Å². The lowest BCUT2D eigenvalue weighted by Crippen LogP contribution is -2.25. The average Bonchev–Trinajstić information content (AvgIpc) is 2.65. The molecule has 0 bridgehead atoms. The fourth-order valence-electron chi connectivity index (χ4n) is 2.40. The summed E-state index contributed by atoms with van der Waals surface area (Å²) in [4.78, 5) is 25.8. The van der Waals surface area contributed by atoms with Crippen LogP contribution in [0.3, 0.4) is 0 Å². The van der Waals surface area contributed by atoms with Crippen molar-refractivity contribution >= 4 is 17.1 Å². The first-order valence-corrected chi connectivity index (χ1v) is 8.17. The van der Waals surface area contributed by atoms with Crippen molar-refractivity contribution in [3.05, 3.63) is 58.4 Å². The standard InChI is InChI=1S/C20H19NO6/c1-12-19(26-14-7-5-13(24-4)6-8-14)18(22)16-10-9-15(11-17(16)25-12)27-20(23)21(2)3/h5-11H,1-4H3. The number of ether oxygens (including phenoxy) is 3. The zero-order valence-corrected chi connectivity index (χ0v) is 15.4. The molecule has 1 aromatic heterocycles. The highest BCUT2D eigenvalue weighted by molar-refractivity contribution is 5.81. The van der Waals surface area contributed by atoms with E-state index in [1.54, 1.807) is 58.5 Å². The average molecular weight is 369 g/mol. The highest BCUT2D eigenvalue weighted by Crippen LogP contribution is 2.28. The summed E-state index contributed by atoms with van der Waals surface area (Å²) >= 11 is 0. The van der Waals surface area contributed by atoms with Crippen molar-refractivity contribution in [2.45, 2.75) is 6.92 Å². The molecule has 0 aliphatic heterocycles. The number of hydrogen-bond donors (Lipinski definition) is 0. The smallest absolute Gasteiger partial charge is 0.414 e. The third kappa shape index (κ3) is 3.87. The Morgan fingerprint density at radius 3 is 2.26 bits per heavy atom. The summed E-state index contributed by atoms with van der Waals surface area (Å²) in [5.41, 5.74) is -0.00121. The van der Waals surface area contributed by atoms with E-state index in [1.807, 2.05) is 0 Å². The Labute approximate surface area is 155 Å². The molecule has 0 N–H and O–H groups in total. The SMILES string of the molecule is COc1ccc(Oc2c(C)oc3cc(OC(=O)N(C)C)ccc3c2=O)cc1. The summed E-state index contributed by atoms with van der Waals surface area (Å²) < 4.78 is 21.7. The van der Waals surface area contributed by atoms with Gasteiger partial charge in [-0.1, -0.05) is 0 Å². The molecule has 7 heteroatoms. The zero-order chi connectivity index (χ0) is 19.6. The van der Waals surface area contributed by atoms with Crippen molar-refractivity contribution in [2.75, 3.05) is 21.2 Å². The van der Waals surface area contributed by atoms with Crippen LogP contribution in [0.25, 0.3) is 11.0 Å². The number of rotatable bonds is 4. The second-order valence-electron chi connectivity index (χ2n) is 6.01. The lowest BCUT2D eigenvalue weighted by atomic mass is 10.2. The fourth-order valence-corrected chi connectivity index (χ4v) is 2.40. The van der Waals surface area contributed by atoms with Gasteiger partial charge in [0.2, 0.25) is 11.2 Å². The van der Waals surface area contributed by atoms with Gasteiger partial charge in [0.15, 0.2) is 0 Å². The van der Waals surface area contributed by atoms with Gasteiger partial charge in [0.25, 0.3) is 0 Å². The molecule has 3 aromatic rings. The maximum atomic E-state index is 12.8. The molecule has 140 valence electrons. The molecule has 0 spiro atoms. The third-order valence-electron chi connectivity index (χ3n) is 3.84. The van der Waals surface area contributed by atoms with E-state index in [1.165, 1.54) is 17.0 Å². The summed E-state index contributed by atoms with van der Waals surface area (Å²) in [6.45, 7) is 1.64. The number of amides is 1. The summed E-state index contributed by atoms with van der Waals surface area (Å²) in [7, 11) is 4.73. The number of aryl methyl sites for hydroxylation is 1. The lowest BCUT2D eigenvalue weighted by Gasteiger charge is -2.12. The molecule has 0 saturated carbocycles. The molecule has 7 nitrogen and oxygen atoms in total. The molecule has 1 heterocycles. The first-order chi connectivity index (χ1) is 12.9. The van der Waals surface area contributed by atoms with Crippen molar-refractivity contribution < 1.29 is 23.4 Å². The van der Waals surface area contributed by atoms with Crippen molar-refractivity contribution in [1.29, 1.82) is 0 Å². The Morgan fingerprint density at radius 2 is 1.63 bits per heavy atom. The van der Waals surface area contributed by atoms with Crippen LogP contribution < -0.4 is 19.6 Å². The molecule has 3 rings (SSSR count). The van der Waals surface area contributed by atoms with Gasteiger partial charge in [-0.2, -0.15) is 0 Å². The highest BCUT2D eigenvalue weighted by atomic mass is 16.6. The minimum Gasteiger partial charge on any atom is -0.497 e. The molecule has 0 aliphatic carbocycles. The summed E-state index contributed by atoms with van der Waals surface area (Å²) in [5.74, 6) is 1.88. The van der Waals surface area contributed by atoms with Gasteiger partial charge in [0.1, 0.15) is 28.6 Å². The molecule has 27 heavy (non-hydrogen) atoms. The molecule has 0 fully saturated rings. The van der Waals surface area contributed by atoms with Crippen molar-refractivity contribution in [3.63, 3.8) is 0 Å². The second kappa shape index (κ2) is 7.41. The highest BCUT2D eigenvalue weighted by Gasteiger charge is 2.15.